The molecule has 56 heavy (non-hydrogen) atoms. The standard InChI is InChI=1S/C45H42N4.C5H11NS/c1-7-16-37(42-31(4)27-33-19-12-13-22-38(33)42)34-20-14-21-35(28-34)39-23-15-24-40-41-26-25-30(3)36(8-2)43(41)49(44(39)40)45(46-5)48(6)47-29-32-17-10-9-11-18-32;1-2-5(3-6)4-7/h7-11,13-18,20-26,28-29,45H,2,4-5,12,19,27H2,1,3,6H3;4,7H,2-3,6H2,1H3/b16-7-,42-37-,47-29+;5-4+. The first-order valence-electron chi connectivity index (χ1n) is 19.3. The predicted octanol–water partition coefficient (Wildman–Crippen LogP) is 12.6. The fourth-order valence-electron chi connectivity index (χ4n) is 7.82. The highest BCUT2D eigenvalue weighted by Gasteiger charge is 2.27. The van der Waals surface area contributed by atoms with Crippen LogP contribution in [0.1, 0.15) is 68.1 Å². The Morgan fingerprint density at radius 1 is 1.02 bits per heavy atom. The summed E-state index contributed by atoms with van der Waals surface area (Å²) >= 11 is 3.93. The lowest BCUT2D eigenvalue weighted by Gasteiger charge is -2.26. The Balaban J connectivity index is 0.000000695. The molecule has 1 heterocycles. The number of allylic oxidation sites excluding steroid dienone is 9. The smallest absolute Gasteiger partial charge is 0.217 e. The summed E-state index contributed by atoms with van der Waals surface area (Å²) in [7, 11) is 1.95. The minimum atomic E-state index is -0.518. The van der Waals surface area contributed by atoms with Gasteiger partial charge in [-0.1, -0.05) is 140 Å². The van der Waals surface area contributed by atoms with Gasteiger partial charge in [-0.25, -0.2) is 0 Å². The second-order valence-corrected chi connectivity index (χ2v) is 14.4. The van der Waals surface area contributed by atoms with E-state index < -0.39 is 6.29 Å². The van der Waals surface area contributed by atoms with E-state index in [-0.39, 0.29) is 0 Å². The summed E-state index contributed by atoms with van der Waals surface area (Å²) in [5.74, 6) is 0. The molecule has 0 saturated heterocycles. The predicted molar refractivity (Wildman–Crippen MR) is 247 cm³/mol. The zero-order valence-corrected chi connectivity index (χ0v) is 34.1. The van der Waals surface area contributed by atoms with E-state index in [1.807, 2.05) is 54.7 Å². The van der Waals surface area contributed by atoms with Crippen molar-refractivity contribution >= 4 is 59.0 Å². The number of benzene rings is 4. The molecule has 1 unspecified atom stereocenters. The summed E-state index contributed by atoms with van der Waals surface area (Å²) < 4.78 is 2.29. The molecule has 0 saturated carbocycles. The Kier molecular flexibility index (Phi) is 13.1. The van der Waals surface area contributed by atoms with Crippen LogP contribution in [0.25, 0.3) is 44.6 Å². The normalized spacial score (nSPS) is 15.8. The molecule has 6 heteroatoms. The summed E-state index contributed by atoms with van der Waals surface area (Å²) in [6.07, 6.45) is 16.5. The van der Waals surface area contributed by atoms with Gasteiger partial charge in [0.25, 0.3) is 0 Å². The van der Waals surface area contributed by atoms with Crippen LogP contribution >= 0.6 is 12.6 Å². The monoisotopic (exact) mass is 755 g/mol. The maximum Gasteiger partial charge on any atom is 0.217 e. The number of hydrogen-bond donors (Lipinski definition) is 2. The van der Waals surface area contributed by atoms with Gasteiger partial charge in [0, 0.05) is 35.5 Å². The Labute approximate surface area is 338 Å². The van der Waals surface area contributed by atoms with Crippen molar-refractivity contribution in [2.24, 2.45) is 15.8 Å². The van der Waals surface area contributed by atoms with Crippen LogP contribution in [0.4, 0.5) is 0 Å². The average molecular weight is 756 g/mol. The van der Waals surface area contributed by atoms with E-state index in [9.17, 15) is 0 Å². The minimum Gasteiger partial charge on any atom is -0.327 e. The largest absolute Gasteiger partial charge is 0.327 e. The van der Waals surface area contributed by atoms with Gasteiger partial charge in [-0.15, -0.1) is 0 Å². The number of aliphatic imine (C=N–C) groups is 1. The molecule has 0 fully saturated rings. The van der Waals surface area contributed by atoms with E-state index in [1.165, 1.54) is 39.0 Å². The number of aryl methyl sites for hydroxylation is 1. The molecule has 2 N–H and O–H groups in total. The van der Waals surface area contributed by atoms with E-state index in [1.54, 1.807) is 5.41 Å². The van der Waals surface area contributed by atoms with Crippen LogP contribution in [0, 0.1) is 6.92 Å². The summed E-state index contributed by atoms with van der Waals surface area (Å²) in [5, 5.41) is 10.8. The van der Waals surface area contributed by atoms with Gasteiger partial charge in [0.2, 0.25) is 6.29 Å². The van der Waals surface area contributed by atoms with E-state index in [0.29, 0.717) is 6.54 Å². The fraction of sp³-hybridized carbons (Fsp3) is 0.200. The third kappa shape index (κ3) is 7.99. The van der Waals surface area contributed by atoms with Crippen LogP contribution in [0.5, 0.6) is 0 Å². The summed E-state index contributed by atoms with van der Waals surface area (Å²) in [4.78, 5) is 4.70. The van der Waals surface area contributed by atoms with Gasteiger partial charge in [0.05, 0.1) is 17.2 Å². The molecule has 0 radical (unpaired) electrons. The van der Waals surface area contributed by atoms with Gasteiger partial charge in [-0.3, -0.25) is 14.6 Å². The molecule has 0 spiro atoms. The Bertz CT molecular complexity index is 2460. The van der Waals surface area contributed by atoms with Crippen LogP contribution in [-0.4, -0.2) is 36.1 Å². The highest BCUT2D eigenvalue weighted by Crippen LogP contribution is 2.46. The number of fused-ring (bicyclic) bond motifs is 3. The number of nitrogens with zero attached hydrogens (tertiary/aromatic N) is 4. The van der Waals surface area contributed by atoms with Crippen LogP contribution in [0.3, 0.4) is 0 Å². The second-order valence-electron chi connectivity index (χ2n) is 14.2. The fourth-order valence-corrected chi connectivity index (χ4v) is 8.11. The zero-order chi connectivity index (χ0) is 39.8. The van der Waals surface area contributed by atoms with Gasteiger partial charge >= 0.3 is 0 Å². The average Bonchev–Trinajstić information content (AvgIpc) is 3.74. The van der Waals surface area contributed by atoms with E-state index >= 15 is 0 Å². The van der Waals surface area contributed by atoms with Crippen molar-refractivity contribution in [3.8, 4) is 11.1 Å². The number of nitrogens with two attached hydrogens (primary N) is 1. The maximum absolute atomic E-state index is 5.28. The Morgan fingerprint density at radius 3 is 2.46 bits per heavy atom. The van der Waals surface area contributed by atoms with Crippen molar-refractivity contribution in [1.82, 2.24) is 9.58 Å². The van der Waals surface area contributed by atoms with Crippen LogP contribution in [0.15, 0.2) is 166 Å². The number of para-hydroxylation sites is 1. The topological polar surface area (TPSA) is 58.9 Å². The molecule has 2 aliphatic carbocycles. The van der Waals surface area contributed by atoms with E-state index in [4.69, 9.17) is 15.8 Å². The highest BCUT2D eigenvalue weighted by molar-refractivity contribution is 7.83. The van der Waals surface area contributed by atoms with E-state index in [2.05, 4.69) is 137 Å². The SMILES string of the molecule is C=Cc1c(C)ccc2c3cccc(-c4cccc(C(/C=C\C)=C5/C(=C)CC6=C5C=CCC6)c4)c3n(C(N=C)N(C)/N=C/c3ccccc3)c12.CC/C(=C\S)CN. The number of thiol groups is 1. The molecule has 1 aromatic heterocycles. The molecular formula is C50H53N5S. The number of hydrogen-bond acceptors (Lipinski definition) is 5. The Hall–Kier alpha value is -5.69. The molecular weight excluding hydrogens is 703 g/mol. The van der Waals surface area contributed by atoms with Crippen LogP contribution < -0.4 is 5.73 Å². The van der Waals surface area contributed by atoms with Crippen LogP contribution in [0.2, 0.25) is 0 Å². The molecule has 284 valence electrons. The molecule has 0 bridgehead atoms. The molecule has 1 atom stereocenters. The van der Waals surface area contributed by atoms with Gasteiger partial charge in [0.1, 0.15) is 0 Å². The lowest BCUT2D eigenvalue weighted by Crippen LogP contribution is -2.24. The second kappa shape index (κ2) is 18.3. The van der Waals surface area contributed by atoms with E-state index in [0.717, 1.165) is 75.3 Å². The van der Waals surface area contributed by atoms with Crippen molar-refractivity contribution in [3.05, 3.63) is 178 Å². The summed E-state index contributed by atoms with van der Waals surface area (Å²) in [6, 6.07) is 30.0. The quantitative estimate of drug-likeness (QED) is 0.0801. The molecule has 5 nitrogen and oxygen atoms in total. The lowest BCUT2D eigenvalue weighted by atomic mass is 9.90. The molecule has 5 aromatic rings. The first-order chi connectivity index (χ1) is 27.3. The third-order valence-electron chi connectivity index (χ3n) is 10.7. The van der Waals surface area contributed by atoms with Crippen LogP contribution in [-0.2, 0) is 0 Å². The first kappa shape index (κ1) is 40.0. The van der Waals surface area contributed by atoms with Crippen molar-refractivity contribution in [2.45, 2.75) is 52.7 Å². The summed E-state index contributed by atoms with van der Waals surface area (Å²) in [5.41, 5.74) is 21.8. The van der Waals surface area contributed by atoms with Crippen molar-refractivity contribution in [1.29, 1.82) is 0 Å². The van der Waals surface area contributed by atoms with Gasteiger partial charge < -0.3 is 5.73 Å². The molecule has 2 aliphatic rings. The van der Waals surface area contributed by atoms with Crippen molar-refractivity contribution in [3.63, 3.8) is 0 Å². The highest BCUT2D eigenvalue weighted by atomic mass is 32.1. The third-order valence-corrected chi connectivity index (χ3v) is 11.0. The lowest BCUT2D eigenvalue weighted by molar-refractivity contribution is 0.205. The zero-order valence-electron chi connectivity index (χ0n) is 33.2. The van der Waals surface area contributed by atoms with Gasteiger partial charge in [-0.2, -0.15) is 17.7 Å². The molecule has 0 amide bonds. The number of aromatic nitrogens is 1. The summed E-state index contributed by atoms with van der Waals surface area (Å²) in [6.45, 7) is 19.8. The molecule has 7 rings (SSSR count). The first-order valence-corrected chi connectivity index (χ1v) is 19.8. The number of hydrazone groups is 1. The molecule has 4 aromatic carbocycles. The van der Waals surface area contributed by atoms with Crippen molar-refractivity contribution in [2.75, 3.05) is 13.6 Å². The van der Waals surface area contributed by atoms with Gasteiger partial charge in [0.15, 0.2) is 0 Å². The minimum absolute atomic E-state index is 0.518. The molecule has 0 aliphatic heterocycles. The Morgan fingerprint density at radius 2 is 1.79 bits per heavy atom. The van der Waals surface area contributed by atoms with Gasteiger partial charge in [-0.05, 0) is 102 Å². The van der Waals surface area contributed by atoms with Crippen molar-refractivity contribution < 1.29 is 0 Å². The maximum atomic E-state index is 5.28. The number of rotatable bonds is 11.